The summed E-state index contributed by atoms with van der Waals surface area (Å²) in [5, 5.41) is 23.2. The molecule has 0 aliphatic rings. The molecule has 3 rings (SSSR count). The molecule has 0 aliphatic carbocycles. The van der Waals surface area contributed by atoms with Crippen molar-refractivity contribution < 1.29 is 14.3 Å². The predicted octanol–water partition coefficient (Wildman–Crippen LogP) is 3.33. The minimum absolute atomic E-state index is 0.216. The molecule has 2 aromatic heterocycles. The van der Waals surface area contributed by atoms with E-state index in [1.165, 1.54) is 25.1 Å². The number of allylic oxidation sites excluding steroid dienone is 1. The van der Waals surface area contributed by atoms with Gasteiger partial charge in [0.25, 0.3) is 0 Å². The number of aryl methyl sites for hydroxylation is 2. The van der Waals surface area contributed by atoms with E-state index < -0.39 is 22.7 Å². The highest BCUT2D eigenvalue weighted by atomic mass is 16.4. The maximum atomic E-state index is 12.4. The summed E-state index contributed by atoms with van der Waals surface area (Å²) in [6, 6.07) is 12.7. The first kappa shape index (κ1) is 18.9. The lowest BCUT2D eigenvalue weighted by atomic mass is 10.1. The van der Waals surface area contributed by atoms with Crippen LogP contribution in [0, 0.1) is 18.3 Å². The van der Waals surface area contributed by atoms with Gasteiger partial charge in [-0.15, -0.1) is 0 Å². The normalized spacial score (nSPS) is 10.9. The summed E-state index contributed by atoms with van der Waals surface area (Å²) in [4.78, 5) is 24.3. The standard InChI is InChI=1S/C21H17N3O4/c1-14-12-18(26)19(21(27)28-14)17(25)9-8-16-13-24(11-5-10-22)23-20(16)15-6-3-2-4-7-15/h2-4,6-9,12-13,26H,5,11H2,1H3/b9-8+. The van der Waals surface area contributed by atoms with Crippen molar-refractivity contribution in [2.75, 3.05) is 0 Å². The molecule has 1 aromatic carbocycles. The fraction of sp³-hybridized carbons (Fsp3) is 0.143. The van der Waals surface area contributed by atoms with Crippen LogP contribution in [-0.2, 0) is 6.54 Å². The summed E-state index contributed by atoms with van der Waals surface area (Å²) >= 11 is 0. The summed E-state index contributed by atoms with van der Waals surface area (Å²) in [5.41, 5.74) is 0.833. The number of benzene rings is 1. The van der Waals surface area contributed by atoms with E-state index >= 15 is 0 Å². The van der Waals surface area contributed by atoms with Crippen molar-refractivity contribution in [2.24, 2.45) is 0 Å². The average Bonchev–Trinajstić information content (AvgIpc) is 3.07. The maximum Gasteiger partial charge on any atom is 0.351 e. The van der Waals surface area contributed by atoms with Crippen molar-refractivity contribution in [1.29, 1.82) is 5.26 Å². The minimum Gasteiger partial charge on any atom is -0.507 e. The molecule has 28 heavy (non-hydrogen) atoms. The van der Waals surface area contributed by atoms with Gasteiger partial charge in [0.15, 0.2) is 5.78 Å². The van der Waals surface area contributed by atoms with Crippen LogP contribution in [0.4, 0.5) is 0 Å². The van der Waals surface area contributed by atoms with Crippen LogP contribution in [0.15, 0.2) is 57.9 Å². The number of carbonyl (C=O) groups excluding carboxylic acids is 1. The Bertz CT molecular complexity index is 1130. The summed E-state index contributed by atoms with van der Waals surface area (Å²) in [6.45, 7) is 1.92. The Hall–Kier alpha value is -3.92. The minimum atomic E-state index is -0.889. The van der Waals surface area contributed by atoms with Gasteiger partial charge < -0.3 is 9.52 Å². The molecule has 0 unspecified atom stereocenters. The van der Waals surface area contributed by atoms with Gasteiger partial charge in [-0.3, -0.25) is 9.48 Å². The van der Waals surface area contributed by atoms with Crippen LogP contribution in [0.25, 0.3) is 17.3 Å². The lowest BCUT2D eigenvalue weighted by molar-refractivity contribution is 0.104. The van der Waals surface area contributed by atoms with E-state index in [1.807, 2.05) is 30.3 Å². The smallest absolute Gasteiger partial charge is 0.351 e. The van der Waals surface area contributed by atoms with E-state index in [0.29, 0.717) is 24.2 Å². The van der Waals surface area contributed by atoms with E-state index in [4.69, 9.17) is 9.68 Å². The lowest BCUT2D eigenvalue weighted by Crippen LogP contribution is -2.12. The predicted molar refractivity (Wildman–Crippen MR) is 103 cm³/mol. The van der Waals surface area contributed by atoms with Crippen molar-refractivity contribution >= 4 is 11.9 Å². The topological polar surface area (TPSA) is 109 Å². The Morgan fingerprint density at radius 3 is 2.79 bits per heavy atom. The molecule has 0 fully saturated rings. The van der Waals surface area contributed by atoms with E-state index in [9.17, 15) is 14.7 Å². The summed E-state index contributed by atoms with van der Waals surface area (Å²) in [6.07, 6.45) is 4.75. The molecule has 0 bridgehead atoms. The fourth-order valence-corrected chi connectivity index (χ4v) is 2.73. The SMILES string of the molecule is Cc1cc(O)c(C(=O)/C=C/c2cn(CCC#N)nc2-c2ccccc2)c(=O)o1. The molecule has 0 radical (unpaired) electrons. The van der Waals surface area contributed by atoms with E-state index in [0.717, 1.165) is 5.56 Å². The van der Waals surface area contributed by atoms with Crippen molar-refractivity contribution in [3.63, 3.8) is 0 Å². The van der Waals surface area contributed by atoms with Gasteiger partial charge >= 0.3 is 5.63 Å². The van der Waals surface area contributed by atoms with E-state index in [1.54, 1.807) is 10.9 Å². The molecule has 140 valence electrons. The first-order valence-corrected chi connectivity index (χ1v) is 8.55. The molecule has 7 heteroatoms. The highest BCUT2D eigenvalue weighted by Crippen LogP contribution is 2.24. The van der Waals surface area contributed by atoms with Gasteiger partial charge in [-0.1, -0.05) is 30.3 Å². The number of aromatic nitrogens is 2. The fourth-order valence-electron chi connectivity index (χ4n) is 2.73. The Morgan fingerprint density at radius 2 is 2.11 bits per heavy atom. The van der Waals surface area contributed by atoms with Gasteiger partial charge in [0, 0.05) is 23.4 Å². The number of aromatic hydroxyl groups is 1. The van der Waals surface area contributed by atoms with Crippen LogP contribution < -0.4 is 5.63 Å². The van der Waals surface area contributed by atoms with Crippen LogP contribution in [0.2, 0.25) is 0 Å². The molecule has 0 saturated heterocycles. The van der Waals surface area contributed by atoms with Gasteiger partial charge in [-0.25, -0.2) is 4.79 Å². The van der Waals surface area contributed by atoms with Crippen LogP contribution >= 0.6 is 0 Å². The maximum absolute atomic E-state index is 12.4. The van der Waals surface area contributed by atoms with Crippen molar-refractivity contribution in [3.05, 3.63) is 76.0 Å². The third kappa shape index (κ3) is 4.07. The van der Waals surface area contributed by atoms with Crippen molar-refractivity contribution in [2.45, 2.75) is 19.9 Å². The second kappa shape index (κ2) is 8.18. The van der Waals surface area contributed by atoms with Gasteiger partial charge in [0.05, 0.1) is 24.7 Å². The third-order valence-corrected chi connectivity index (χ3v) is 4.00. The molecule has 0 atom stereocenters. The molecular formula is C21H17N3O4. The highest BCUT2D eigenvalue weighted by molar-refractivity contribution is 6.08. The molecule has 0 spiro atoms. The lowest BCUT2D eigenvalue weighted by Gasteiger charge is -2.00. The molecular weight excluding hydrogens is 358 g/mol. The number of rotatable bonds is 6. The molecule has 7 nitrogen and oxygen atoms in total. The van der Waals surface area contributed by atoms with Crippen LogP contribution in [0.5, 0.6) is 5.75 Å². The van der Waals surface area contributed by atoms with E-state index in [2.05, 4.69) is 11.2 Å². The molecule has 2 heterocycles. The van der Waals surface area contributed by atoms with Gasteiger partial charge in [0.1, 0.15) is 17.1 Å². The number of hydrogen-bond donors (Lipinski definition) is 1. The molecule has 0 aliphatic heterocycles. The van der Waals surface area contributed by atoms with Crippen molar-refractivity contribution in [3.8, 4) is 23.1 Å². The zero-order valence-corrected chi connectivity index (χ0v) is 15.1. The van der Waals surface area contributed by atoms with Gasteiger partial charge in [0.2, 0.25) is 0 Å². The van der Waals surface area contributed by atoms with Crippen LogP contribution in [-0.4, -0.2) is 20.7 Å². The zero-order valence-electron chi connectivity index (χ0n) is 15.1. The average molecular weight is 375 g/mol. The van der Waals surface area contributed by atoms with Gasteiger partial charge in [-0.05, 0) is 19.1 Å². The number of nitrogens with zero attached hydrogens (tertiary/aromatic N) is 3. The summed E-state index contributed by atoms with van der Waals surface area (Å²) in [7, 11) is 0. The number of ketones is 1. The first-order valence-electron chi connectivity index (χ1n) is 8.55. The Labute approximate surface area is 160 Å². The van der Waals surface area contributed by atoms with Crippen LogP contribution in [0.1, 0.15) is 28.1 Å². The quantitative estimate of drug-likeness (QED) is 0.523. The van der Waals surface area contributed by atoms with Crippen LogP contribution in [0.3, 0.4) is 0 Å². The molecule has 3 aromatic rings. The third-order valence-electron chi connectivity index (χ3n) is 4.00. The molecule has 1 N–H and O–H groups in total. The van der Waals surface area contributed by atoms with Crippen molar-refractivity contribution in [1.82, 2.24) is 9.78 Å². The monoisotopic (exact) mass is 375 g/mol. The summed E-state index contributed by atoms with van der Waals surface area (Å²) < 4.78 is 6.52. The Balaban J connectivity index is 1.97. The first-order chi connectivity index (χ1) is 13.5. The Morgan fingerprint density at radius 1 is 1.36 bits per heavy atom. The second-order valence-corrected chi connectivity index (χ2v) is 6.07. The number of carbonyl (C=O) groups is 1. The van der Waals surface area contributed by atoms with Gasteiger partial charge in [-0.2, -0.15) is 10.4 Å². The largest absolute Gasteiger partial charge is 0.507 e. The van der Waals surface area contributed by atoms with E-state index in [-0.39, 0.29) is 5.76 Å². The number of nitriles is 1. The number of hydrogen-bond acceptors (Lipinski definition) is 6. The second-order valence-electron chi connectivity index (χ2n) is 6.07. The molecule has 0 saturated carbocycles. The molecule has 0 amide bonds. The Kier molecular flexibility index (Phi) is 5.51. The summed E-state index contributed by atoms with van der Waals surface area (Å²) in [5.74, 6) is -0.875. The highest BCUT2D eigenvalue weighted by Gasteiger charge is 2.16. The zero-order chi connectivity index (χ0) is 20.1.